The highest BCUT2D eigenvalue weighted by molar-refractivity contribution is 5.87. The summed E-state index contributed by atoms with van der Waals surface area (Å²) in [7, 11) is 2.10. The van der Waals surface area contributed by atoms with Gasteiger partial charge >= 0.3 is 0 Å². The Balaban J connectivity index is 0.00000218. The number of ether oxygens (including phenoxy) is 1. The van der Waals surface area contributed by atoms with Gasteiger partial charge in [0.25, 0.3) is 5.56 Å². The van der Waals surface area contributed by atoms with Crippen LogP contribution in [-0.4, -0.2) is 25.6 Å². The smallest absolute Gasteiger partial charge is 0.258 e. The minimum absolute atomic E-state index is 0. The molecule has 3 aromatic heterocycles. The molecule has 154 valence electrons. The average molecular weight is 403 g/mol. The first-order valence-corrected chi connectivity index (χ1v) is 9.63. The molecule has 1 aliphatic rings. The summed E-state index contributed by atoms with van der Waals surface area (Å²) in [6.45, 7) is 2.11. The number of aromatic nitrogens is 4. The Labute approximate surface area is 175 Å². The topological polar surface area (TPSA) is 74.0 Å². The first kappa shape index (κ1) is 19.8. The number of hydrogen-bond donors (Lipinski definition) is 1. The number of pyridine rings is 1. The largest absolute Gasteiger partial charge is 0.485 e. The number of nitrogens with one attached hydrogen (secondary N) is 1. The Kier molecular flexibility index (Phi) is 5.37. The zero-order valence-electron chi connectivity index (χ0n) is 16.1. The van der Waals surface area contributed by atoms with Crippen LogP contribution in [0.15, 0.2) is 59.8 Å². The molecule has 0 amide bonds. The van der Waals surface area contributed by atoms with E-state index in [1.165, 1.54) is 22.7 Å². The van der Waals surface area contributed by atoms with Gasteiger partial charge in [0.2, 0.25) is 0 Å². The highest BCUT2D eigenvalue weighted by Crippen LogP contribution is 2.29. The lowest BCUT2D eigenvalue weighted by molar-refractivity contribution is 0.295. The van der Waals surface area contributed by atoms with Gasteiger partial charge < -0.3 is 14.6 Å². The van der Waals surface area contributed by atoms with Crippen molar-refractivity contribution in [3.05, 3.63) is 82.4 Å². The van der Waals surface area contributed by atoms with Crippen LogP contribution in [0.4, 0.5) is 0 Å². The zero-order chi connectivity index (χ0) is 19.8. The third-order valence-corrected chi connectivity index (χ3v) is 5.42. The van der Waals surface area contributed by atoms with Crippen molar-refractivity contribution in [1.29, 1.82) is 0 Å². The van der Waals surface area contributed by atoms with E-state index in [1.807, 2.05) is 6.07 Å². The minimum atomic E-state index is -0.142. The van der Waals surface area contributed by atoms with Gasteiger partial charge in [0.1, 0.15) is 12.4 Å². The summed E-state index contributed by atoms with van der Waals surface area (Å²) in [6, 6.07) is 11.2. The highest BCUT2D eigenvalue weighted by Gasteiger charge is 2.18. The Morgan fingerprint density at radius 1 is 1.17 bits per heavy atom. The van der Waals surface area contributed by atoms with Crippen molar-refractivity contribution in [2.24, 2.45) is 7.05 Å². The summed E-state index contributed by atoms with van der Waals surface area (Å²) >= 11 is 0. The summed E-state index contributed by atoms with van der Waals surface area (Å²) in [5, 5.41) is 4.69. The Hall–Kier alpha value is -3.45. The van der Waals surface area contributed by atoms with Crippen molar-refractivity contribution in [2.75, 3.05) is 6.54 Å². The zero-order valence-corrected chi connectivity index (χ0v) is 16.1. The van der Waals surface area contributed by atoms with Crippen LogP contribution in [0, 0.1) is 0 Å². The molecule has 0 saturated heterocycles. The van der Waals surface area contributed by atoms with Crippen molar-refractivity contribution in [3.63, 3.8) is 0 Å². The predicted molar refractivity (Wildman–Crippen MR) is 117 cm³/mol. The molecule has 0 spiro atoms. The van der Waals surface area contributed by atoms with Gasteiger partial charge in [0, 0.05) is 62.3 Å². The van der Waals surface area contributed by atoms with E-state index in [0.717, 1.165) is 30.7 Å². The first-order chi connectivity index (χ1) is 14.2. The molecule has 0 atom stereocenters. The van der Waals surface area contributed by atoms with Crippen LogP contribution >= 0.6 is 0 Å². The molecule has 0 aliphatic carbocycles. The monoisotopic (exact) mass is 403 g/mol. The predicted octanol–water partition coefficient (Wildman–Crippen LogP) is 2.98. The molecule has 0 radical (unpaired) electrons. The second-order valence-electron chi connectivity index (χ2n) is 7.14. The molecular formula is C23H25N5O2. The molecule has 0 saturated carbocycles. The van der Waals surface area contributed by atoms with Gasteiger partial charge in [0.15, 0.2) is 5.82 Å². The SMILES string of the molecule is C.Cn1c2c(c3ccc(-n4ccc(OCc5ncccn5)cc4=O)cc31)CNCC2. The molecule has 5 rings (SSSR count). The number of rotatable bonds is 4. The third-order valence-electron chi connectivity index (χ3n) is 5.42. The van der Waals surface area contributed by atoms with Crippen LogP contribution in [0.3, 0.4) is 0 Å². The number of hydrogen-bond acceptors (Lipinski definition) is 5. The number of fused-ring (bicyclic) bond motifs is 3. The normalized spacial score (nSPS) is 13.0. The lowest BCUT2D eigenvalue weighted by Crippen LogP contribution is -2.24. The molecule has 0 unspecified atom stereocenters. The standard InChI is InChI=1S/C22H21N5O2.CH4/c1-26-19-5-9-23-13-18(19)17-4-3-15(11-20(17)26)27-10-6-16(12-22(27)28)29-14-21-24-7-2-8-25-21;/h2-4,6-8,10-12,23H,5,9,13-14H2,1H3;1H4. The molecule has 0 bridgehead atoms. The van der Waals surface area contributed by atoms with Crippen LogP contribution in [0.1, 0.15) is 24.5 Å². The van der Waals surface area contributed by atoms with Crippen molar-refractivity contribution in [2.45, 2.75) is 27.0 Å². The van der Waals surface area contributed by atoms with Crippen molar-refractivity contribution in [1.82, 2.24) is 24.4 Å². The second kappa shape index (κ2) is 8.12. The molecule has 0 fully saturated rings. The Morgan fingerprint density at radius 3 is 2.80 bits per heavy atom. The third kappa shape index (κ3) is 3.48. The van der Waals surface area contributed by atoms with Crippen LogP contribution in [0.25, 0.3) is 16.6 Å². The van der Waals surface area contributed by atoms with E-state index in [0.29, 0.717) is 11.6 Å². The molecule has 1 N–H and O–H groups in total. The van der Waals surface area contributed by atoms with E-state index in [9.17, 15) is 4.79 Å². The van der Waals surface area contributed by atoms with Crippen LogP contribution in [-0.2, 0) is 26.6 Å². The Morgan fingerprint density at radius 2 is 2.00 bits per heavy atom. The molecule has 1 aromatic carbocycles. The molecule has 7 nitrogen and oxygen atoms in total. The van der Waals surface area contributed by atoms with E-state index in [1.54, 1.807) is 35.3 Å². The lowest BCUT2D eigenvalue weighted by atomic mass is 10.1. The quantitative estimate of drug-likeness (QED) is 0.567. The van der Waals surface area contributed by atoms with Crippen molar-refractivity contribution < 1.29 is 4.74 Å². The molecule has 1 aliphatic heterocycles. The fraction of sp³-hybridized carbons (Fsp3) is 0.261. The van der Waals surface area contributed by atoms with Gasteiger partial charge in [-0.25, -0.2) is 9.97 Å². The van der Waals surface area contributed by atoms with E-state index in [2.05, 4.69) is 39.0 Å². The van der Waals surface area contributed by atoms with Gasteiger partial charge in [-0.1, -0.05) is 13.5 Å². The summed E-state index contributed by atoms with van der Waals surface area (Å²) in [5.74, 6) is 1.07. The van der Waals surface area contributed by atoms with Gasteiger partial charge in [-0.3, -0.25) is 9.36 Å². The fourth-order valence-corrected chi connectivity index (χ4v) is 3.96. The summed E-state index contributed by atoms with van der Waals surface area (Å²) in [5.41, 5.74) is 4.57. The van der Waals surface area contributed by atoms with E-state index in [4.69, 9.17) is 4.74 Å². The maximum absolute atomic E-state index is 12.7. The maximum Gasteiger partial charge on any atom is 0.258 e. The van der Waals surface area contributed by atoms with Crippen molar-refractivity contribution >= 4 is 10.9 Å². The molecular weight excluding hydrogens is 378 g/mol. The molecule has 4 heterocycles. The first-order valence-electron chi connectivity index (χ1n) is 9.63. The number of nitrogens with zero attached hydrogens (tertiary/aromatic N) is 4. The van der Waals surface area contributed by atoms with Gasteiger partial charge in [-0.15, -0.1) is 0 Å². The average Bonchev–Trinajstić information content (AvgIpc) is 3.05. The van der Waals surface area contributed by atoms with Crippen LogP contribution in [0.2, 0.25) is 0 Å². The highest BCUT2D eigenvalue weighted by atomic mass is 16.5. The van der Waals surface area contributed by atoms with E-state index in [-0.39, 0.29) is 19.6 Å². The van der Waals surface area contributed by atoms with Gasteiger partial charge in [0.05, 0.1) is 11.2 Å². The fourth-order valence-electron chi connectivity index (χ4n) is 3.96. The molecule has 4 aromatic rings. The van der Waals surface area contributed by atoms with Crippen LogP contribution < -0.4 is 15.6 Å². The summed E-state index contributed by atoms with van der Waals surface area (Å²) in [6.07, 6.45) is 6.09. The van der Waals surface area contributed by atoms with Crippen LogP contribution in [0.5, 0.6) is 5.75 Å². The maximum atomic E-state index is 12.7. The summed E-state index contributed by atoms with van der Waals surface area (Å²) < 4.78 is 9.54. The molecule has 30 heavy (non-hydrogen) atoms. The summed E-state index contributed by atoms with van der Waals surface area (Å²) in [4.78, 5) is 20.9. The molecule has 7 heteroatoms. The number of aryl methyl sites for hydroxylation is 1. The van der Waals surface area contributed by atoms with Gasteiger partial charge in [-0.05, 0) is 29.8 Å². The van der Waals surface area contributed by atoms with Gasteiger partial charge in [-0.2, -0.15) is 0 Å². The second-order valence-corrected chi connectivity index (χ2v) is 7.14. The van der Waals surface area contributed by atoms with Crippen molar-refractivity contribution in [3.8, 4) is 11.4 Å². The van der Waals surface area contributed by atoms with E-state index >= 15 is 0 Å². The minimum Gasteiger partial charge on any atom is -0.485 e. The lowest BCUT2D eigenvalue weighted by Gasteiger charge is -2.14. The number of benzene rings is 1. The Bertz CT molecular complexity index is 1240. The van der Waals surface area contributed by atoms with E-state index < -0.39 is 0 Å².